The summed E-state index contributed by atoms with van der Waals surface area (Å²) in [4.78, 5) is 49.6. The molecule has 1 fully saturated rings. The number of hydrogen-bond donors (Lipinski definition) is 1. The van der Waals surface area contributed by atoms with Gasteiger partial charge in [-0.1, -0.05) is 12.2 Å². The Morgan fingerprint density at radius 3 is 2.45 bits per heavy atom. The third-order valence-corrected chi connectivity index (χ3v) is 5.82. The van der Waals surface area contributed by atoms with Crippen LogP contribution in [-0.4, -0.2) is 52.2 Å². The van der Waals surface area contributed by atoms with Crippen LogP contribution < -0.4 is 0 Å². The summed E-state index contributed by atoms with van der Waals surface area (Å²) in [5, 5.41) is 11.0. The summed E-state index contributed by atoms with van der Waals surface area (Å²) in [6.07, 6.45) is -0.860. The van der Waals surface area contributed by atoms with Crippen molar-refractivity contribution in [2.24, 2.45) is 5.92 Å². The Kier molecular flexibility index (Phi) is 4.82. The molecular formula is C21H24O8. The van der Waals surface area contributed by atoms with E-state index in [1.54, 1.807) is 13.8 Å². The quantitative estimate of drug-likeness (QED) is 0.425. The lowest BCUT2D eigenvalue weighted by Crippen LogP contribution is -2.55. The second-order valence-electron chi connectivity index (χ2n) is 8.10. The number of esters is 3. The summed E-state index contributed by atoms with van der Waals surface area (Å²) in [5.41, 5.74) is -2.51. The number of allylic oxidation sites excluding steroid dienone is 1. The molecule has 8 heteroatoms. The fraction of sp³-hybridized carbons (Fsp3) is 0.524. The lowest BCUT2D eigenvalue weighted by molar-refractivity contribution is -0.171. The van der Waals surface area contributed by atoms with Crippen LogP contribution in [0.25, 0.3) is 0 Å². The van der Waals surface area contributed by atoms with Gasteiger partial charge in [-0.3, -0.25) is 9.59 Å². The highest BCUT2D eigenvalue weighted by molar-refractivity contribution is 6.11. The van der Waals surface area contributed by atoms with Crippen molar-refractivity contribution < 1.29 is 38.5 Å². The molecule has 0 spiro atoms. The Balaban J connectivity index is 2.25. The highest BCUT2D eigenvalue weighted by Crippen LogP contribution is 2.54. The maximum Gasteiger partial charge on any atom is 0.338 e. The molecule has 1 saturated heterocycles. The van der Waals surface area contributed by atoms with E-state index in [1.165, 1.54) is 26.8 Å². The number of fused-ring (bicyclic) bond motifs is 3. The Morgan fingerprint density at radius 2 is 1.90 bits per heavy atom. The second-order valence-corrected chi connectivity index (χ2v) is 8.10. The van der Waals surface area contributed by atoms with Crippen molar-refractivity contribution in [3.63, 3.8) is 0 Å². The van der Waals surface area contributed by atoms with Crippen LogP contribution in [0.2, 0.25) is 0 Å². The average molecular weight is 404 g/mol. The first-order valence-electron chi connectivity index (χ1n) is 9.26. The number of rotatable bonds is 3. The van der Waals surface area contributed by atoms with Crippen molar-refractivity contribution in [1.82, 2.24) is 0 Å². The molecule has 1 aliphatic heterocycles. The van der Waals surface area contributed by atoms with Crippen LogP contribution in [0.3, 0.4) is 0 Å². The van der Waals surface area contributed by atoms with Gasteiger partial charge in [0.15, 0.2) is 23.1 Å². The van der Waals surface area contributed by atoms with Gasteiger partial charge in [0, 0.05) is 18.9 Å². The molecule has 8 nitrogen and oxygen atoms in total. The number of aliphatic hydroxyl groups is 1. The number of hydrogen-bond acceptors (Lipinski definition) is 8. The van der Waals surface area contributed by atoms with Gasteiger partial charge in [0.05, 0.1) is 11.5 Å². The fourth-order valence-corrected chi connectivity index (χ4v) is 4.58. The zero-order valence-electron chi connectivity index (χ0n) is 17.0. The summed E-state index contributed by atoms with van der Waals surface area (Å²) in [5.74, 6) is -3.79. The molecular weight excluding hydrogens is 380 g/mol. The highest BCUT2D eigenvalue weighted by atomic mass is 16.6. The second kappa shape index (κ2) is 6.66. The summed E-state index contributed by atoms with van der Waals surface area (Å²) < 4.78 is 16.7. The SMILES string of the molecule is C=C(C)C(=O)OC1CC(C)=C2C(=O)C=C(C)C2(OC(C)=O)C2OC(=O)C(C)(O)C12. The molecule has 0 aromatic heterocycles. The minimum Gasteiger partial charge on any atom is -0.458 e. The van der Waals surface area contributed by atoms with E-state index in [-0.39, 0.29) is 23.4 Å². The van der Waals surface area contributed by atoms with Crippen molar-refractivity contribution in [2.45, 2.75) is 64.4 Å². The summed E-state index contributed by atoms with van der Waals surface area (Å²) in [7, 11) is 0. The lowest BCUT2D eigenvalue weighted by atomic mass is 9.74. The van der Waals surface area contributed by atoms with E-state index in [1.807, 2.05) is 0 Å². The van der Waals surface area contributed by atoms with Crippen molar-refractivity contribution in [3.05, 3.63) is 34.9 Å². The molecule has 0 bridgehead atoms. The van der Waals surface area contributed by atoms with E-state index in [0.29, 0.717) is 11.1 Å². The largest absolute Gasteiger partial charge is 0.458 e. The zero-order chi connectivity index (χ0) is 21.9. The third kappa shape index (κ3) is 2.93. The summed E-state index contributed by atoms with van der Waals surface area (Å²) in [6.45, 7) is 10.7. The van der Waals surface area contributed by atoms with Gasteiger partial charge in [-0.2, -0.15) is 0 Å². The molecule has 3 aliphatic rings. The number of ketones is 1. The first-order chi connectivity index (χ1) is 13.3. The van der Waals surface area contributed by atoms with E-state index in [0.717, 1.165) is 0 Å². The average Bonchev–Trinajstić information content (AvgIpc) is 2.92. The van der Waals surface area contributed by atoms with E-state index in [9.17, 15) is 24.3 Å². The molecule has 1 N–H and O–H groups in total. The van der Waals surface area contributed by atoms with Crippen LogP contribution in [0, 0.1) is 5.92 Å². The molecule has 0 amide bonds. The molecule has 5 unspecified atom stereocenters. The van der Waals surface area contributed by atoms with E-state index in [2.05, 4.69) is 6.58 Å². The molecule has 1 heterocycles. The van der Waals surface area contributed by atoms with Crippen molar-refractivity contribution in [2.75, 3.05) is 0 Å². The van der Waals surface area contributed by atoms with Gasteiger partial charge in [0.1, 0.15) is 6.10 Å². The molecule has 2 aliphatic carbocycles. The Bertz CT molecular complexity index is 906. The lowest BCUT2D eigenvalue weighted by Gasteiger charge is -2.39. The van der Waals surface area contributed by atoms with E-state index in [4.69, 9.17) is 14.2 Å². The van der Waals surface area contributed by atoms with Crippen LogP contribution in [0.5, 0.6) is 0 Å². The fourth-order valence-electron chi connectivity index (χ4n) is 4.58. The first kappa shape index (κ1) is 21.0. The molecule has 0 aromatic rings. The molecule has 3 rings (SSSR count). The van der Waals surface area contributed by atoms with Gasteiger partial charge in [-0.05, 0) is 39.3 Å². The van der Waals surface area contributed by atoms with Gasteiger partial charge in [-0.15, -0.1) is 0 Å². The molecule has 29 heavy (non-hydrogen) atoms. The molecule has 156 valence electrons. The van der Waals surface area contributed by atoms with Gasteiger partial charge in [-0.25, -0.2) is 9.59 Å². The Labute approximate surface area is 168 Å². The van der Waals surface area contributed by atoms with Gasteiger partial charge >= 0.3 is 17.9 Å². The van der Waals surface area contributed by atoms with Crippen molar-refractivity contribution in [1.29, 1.82) is 0 Å². The minimum absolute atomic E-state index is 0.0538. The molecule has 5 atom stereocenters. The van der Waals surface area contributed by atoms with Gasteiger partial charge in [0.2, 0.25) is 0 Å². The topological polar surface area (TPSA) is 116 Å². The predicted octanol–water partition coefficient (Wildman–Crippen LogP) is 1.32. The van der Waals surface area contributed by atoms with Crippen LogP contribution in [0.4, 0.5) is 0 Å². The van der Waals surface area contributed by atoms with E-state index < -0.39 is 47.2 Å². The first-order valence-corrected chi connectivity index (χ1v) is 9.26. The van der Waals surface area contributed by atoms with E-state index >= 15 is 0 Å². The zero-order valence-corrected chi connectivity index (χ0v) is 17.0. The monoisotopic (exact) mass is 404 g/mol. The van der Waals surface area contributed by atoms with Crippen LogP contribution >= 0.6 is 0 Å². The van der Waals surface area contributed by atoms with Crippen molar-refractivity contribution >= 4 is 23.7 Å². The predicted molar refractivity (Wildman–Crippen MR) is 99.3 cm³/mol. The maximum atomic E-state index is 12.8. The Morgan fingerprint density at radius 1 is 1.28 bits per heavy atom. The third-order valence-electron chi connectivity index (χ3n) is 5.82. The van der Waals surface area contributed by atoms with Crippen LogP contribution in [0.15, 0.2) is 34.9 Å². The van der Waals surface area contributed by atoms with Crippen LogP contribution in [0.1, 0.15) is 41.0 Å². The van der Waals surface area contributed by atoms with Crippen LogP contribution in [-0.2, 0) is 33.4 Å². The normalized spacial score (nSPS) is 35.9. The molecule has 0 aromatic carbocycles. The maximum absolute atomic E-state index is 12.8. The summed E-state index contributed by atoms with van der Waals surface area (Å²) in [6, 6.07) is 0. The Hall–Kier alpha value is -2.74. The van der Waals surface area contributed by atoms with Gasteiger partial charge in [0.25, 0.3) is 0 Å². The highest BCUT2D eigenvalue weighted by Gasteiger charge is 2.69. The number of ether oxygens (including phenoxy) is 3. The summed E-state index contributed by atoms with van der Waals surface area (Å²) >= 11 is 0. The molecule has 0 saturated carbocycles. The van der Waals surface area contributed by atoms with Gasteiger partial charge < -0.3 is 19.3 Å². The smallest absolute Gasteiger partial charge is 0.338 e. The number of carbonyl (C=O) groups is 4. The standard InChI is InChI=1S/C21H24O8/c1-9(2)18(24)27-14-7-10(3)15-13(23)8-11(4)21(15,29-12(5)22)17-16(14)20(6,26)19(25)28-17/h8,14,16-17,26H,1,7H2,2-6H3. The van der Waals surface area contributed by atoms with Crippen molar-refractivity contribution in [3.8, 4) is 0 Å². The minimum atomic E-state index is -2.03. The molecule has 0 radical (unpaired) electrons. The number of carbonyl (C=O) groups excluding carboxylic acids is 4.